The van der Waals surface area contributed by atoms with Gasteiger partial charge < -0.3 is 15.2 Å². The first kappa shape index (κ1) is 15.1. The number of rotatable bonds is 2. The Labute approximate surface area is 120 Å². The molecule has 1 fully saturated rings. The summed E-state index contributed by atoms with van der Waals surface area (Å²) in [7, 11) is 0. The van der Waals surface area contributed by atoms with E-state index in [-0.39, 0.29) is 18.2 Å². The third kappa shape index (κ3) is 3.62. The van der Waals surface area contributed by atoms with Gasteiger partial charge in [0.2, 0.25) is 0 Å². The number of carbonyl (C=O) groups excluding carboxylic acids is 1. The summed E-state index contributed by atoms with van der Waals surface area (Å²) in [5.74, 6) is 0.774. The molecule has 1 saturated carbocycles. The number of aliphatic hydroxyl groups is 1. The number of ether oxygens (including phenoxy) is 1. The summed E-state index contributed by atoms with van der Waals surface area (Å²) in [5, 5.41) is 12.8. The van der Waals surface area contributed by atoms with Crippen LogP contribution in [0.4, 0.5) is 4.79 Å². The Morgan fingerprint density at radius 1 is 1.50 bits per heavy atom. The van der Waals surface area contributed by atoms with Crippen molar-refractivity contribution in [2.45, 2.75) is 51.2 Å². The summed E-state index contributed by atoms with van der Waals surface area (Å²) >= 11 is 0. The minimum atomic E-state index is -0.487. The second-order valence-corrected chi connectivity index (χ2v) is 6.65. The lowest BCUT2D eigenvalue weighted by molar-refractivity contribution is 0.0272. The topological polar surface area (TPSA) is 74.2 Å². The predicted molar refractivity (Wildman–Crippen MR) is 76.9 cm³/mol. The van der Waals surface area contributed by atoms with Crippen molar-refractivity contribution >= 4 is 11.9 Å². The van der Waals surface area contributed by atoms with Gasteiger partial charge in [0, 0.05) is 6.54 Å². The second kappa shape index (κ2) is 5.60. The first-order valence-corrected chi connectivity index (χ1v) is 7.24. The van der Waals surface area contributed by atoms with E-state index in [1.165, 1.54) is 0 Å². The largest absolute Gasteiger partial charge is 0.444 e. The quantitative estimate of drug-likeness (QED) is 0.797. The first-order chi connectivity index (χ1) is 9.34. The standard InChI is InChI=1S/C14H25N3O3/c1-13(2,3)20-12(19)17-8-7-15-11(9-17)16-14(10-18)5-4-6-14/h18H,4-10H2,1-3H3,(H,15,16). The number of amides is 1. The highest BCUT2D eigenvalue weighted by molar-refractivity contribution is 5.88. The molecule has 0 aromatic heterocycles. The van der Waals surface area contributed by atoms with Crippen LogP contribution in [0.1, 0.15) is 40.0 Å². The molecule has 2 rings (SSSR count). The predicted octanol–water partition coefficient (Wildman–Crippen LogP) is 1.14. The molecule has 0 spiro atoms. The number of aliphatic hydroxyl groups excluding tert-OH is 1. The van der Waals surface area contributed by atoms with Crippen molar-refractivity contribution < 1.29 is 14.6 Å². The number of nitrogens with zero attached hydrogens (tertiary/aromatic N) is 2. The minimum Gasteiger partial charge on any atom is -0.444 e. The van der Waals surface area contributed by atoms with Gasteiger partial charge in [-0.15, -0.1) is 0 Å². The molecule has 20 heavy (non-hydrogen) atoms. The molecule has 0 saturated heterocycles. The van der Waals surface area contributed by atoms with Crippen LogP contribution in [0.2, 0.25) is 0 Å². The van der Waals surface area contributed by atoms with E-state index in [0.717, 1.165) is 25.1 Å². The van der Waals surface area contributed by atoms with E-state index >= 15 is 0 Å². The molecule has 1 amide bonds. The Bertz CT molecular complexity index is 391. The number of aliphatic imine (C=N–C) groups is 1. The van der Waals surface area contributed by atoms with Crippen molar-refractivity contribution in [3.8, 4) is 0 Å². The van der Waals surface area contributed by atoms with Crippen molar-refractivity contribution in [3.05, 3.63) is 0 Å². The second-order valence-electron chi connectivity index (χ2n) is 6.65. The van der Waals surface area contributed by atoms with Crippen LogP contribution in [0, 0.1) is 0 Å². The Morgan fingerprint density at radius 3 is 2.70 bits per heavy atom. The van der Waals surface area contributed by atoms with Crippen LogP contribution in [0.25, 0.3) is 0 Å². The molecule has 114 valence electrons. The van der Waals surface area contributed by atoms with Crippen LogP contribution in [0.5, 0.6) is 0 Å². The maximum absolute atomic E-state index is 12.0. The van der Waals surface area contributed by atoms with Gasteiger partial charge >= 0.3 is 6.09 Å². The van der Waals surface area contributed by atoms with Crippen LogP contribution >= 0.6 is 0 Å². The molecule has 6 heteroatoms. The fraction of sp³-hybridized carbons (Fsp3) is 0.857. The van der Waals surface area contributed by atoms with Crippen LogP contribution in [-0.2, 0) is 4.74 Å². The summed E-state index contributed by atoms with van der Waals surface area (Å²) in [5.41, 5.74) is -0.713. The number of nitrogens with one attached hydrogen (secondary N) is 1. The smallest absolute Gasteiger partial charge is 0.410 e. The van der Waals surface area contributed by atoms with E-state index in [1.54, 1.807) is 4.90 Å². The Kier molecular flexibility index (Phi) is 4.22. The molecule has 1 heterocycles. The highest BCUT2D eigenvalue weighted by Crippen LogP contribution is 2.31. The Balaban J connectivity index is 1.91. The summed E-state index contributed by atoms with van der Waals surface area (Å²) < 4.78 is 5.38. The molecule has 0 bridgehead atoms. The fourth-order valence-electron chi connectivity index (χ4n) is 2.41. The van der Waals surface area contributed by atoms with Gasteiger partial charge in [-0.3, -0.25) is 9.89 Å². The molecule has 2 aliphatic rings. The third-order valence-corrected chi connectivity index (χ3v) is 3.69. The molecule has 1 aliphatic heterocycles. The van der Waals surface area contributed by atoms with Gasteiger partial charge in [0.05, 0.1) is 25.2 Å². The molecule has 1 aliphatic carbocycles. The van der Waals surface area contributed by atoms with Crippen LogP contribution in [0.15, 0.2) is 4.99 Å². The van der Waals surface area contributed by atoms with Crippen LogP contribution in [-0.4, -0.2) is 59.3 Å². The molecule has 0 atom stereocenters. The SMILES string of the molecule is CC(C)(C)OC(=O)N1CCN=C(NC2(CO)CCC2)C1. The zero-order valence-corrected chi connectivity index (χ0v) is 12.6. The van der Waals surface area contributed by atoms with E-state index < -0.39 is 5.60 Å². The molecule has 0 aromatic carbocycles. The molecular formula is C14H25N3O3. The van der Waals surface area contributed by atoms with E-state index in [0.29, 0.717) is 19.6 Å². The van der Waals surface area contributed by atoms with Crippen molar-refractivity contribution in [2.75, 3.05) is 26.2 Å². The molecule has 2 N–H and O–H groups in total. The zero-order valence-electron chi connectivity index (χ0n) is 12.6. The van der Waals surface area contributed by atoms with Crippen LogP contribution < -0.4 is 5.32 Å². The molecule has 0 aromatic rings. The van der Waals surface area contributed by atoms with Crippen molar-refractivity contribution in [1.29, 1.82) is 0 Å². The normalized spacial score (nSPS) is 21.8. The maximum Gasteiger partial charge on any atom is 0.410 e. The Hall–Kier alpha value is -1.30. The van der Waals surface area contributed by atoms with Gasteiger partial charge in [0.25, 0.3) is 0 Å². The van der Waals surface area contributed by atoms with Gasteiger partial charge in [-0.05, 0) is 40.0 Å². The lowest BCUT2D eigenvalue weighted by atomic mass is 9.77. The van der Waals surface area contributed by atoms with Crippen molar-refractivity contribution in [1.82, 2.24) is 10.2 Å². The highest BCUT2D eigenvalue weighted by atomic mass is 16.6. The summed E-state index contributed by atoms with van der Waals surface area (Å²) in [6.07, 6.45) is 2.72. The molecule has 0 radical (unpaired) electrons. The van der Waals surface area contributed by atoms with Crippen LogP contribution in [0.3, 0.4) is 0 Å². The van der Waals surface area contributed by atoms with Gasteiger partial charge in [-0.1, -0.05) is 0 Å². The number of carbonyl (C=O) groups is 1. The average molecular weight is 283 g/mol. The van der Waals surface area contributed by atoms with E-state index in [9.17, 15) is 9.90 Å². The lowest BCUT2D eigenvalue weighted by Crippen LogP contribution is -2.59. The minimum absolute atomic E-state index is 0.110. The fourth-order valence-corrected chi connectivity index (χ4v) is 2.41. The van der Waals surface area contributed by atoms with Gasteiger partial charge in [-0.2, -0.15) is 0 Å². The van der Waals surface area contributed by atoms with Gasteiger partial charge in [0.15, 0.2) is 0 Å². The van der Waals surface area contributed by atoms with E-state index in [2.05, 4.69) is 10.3 Å². The summed E-state index contributed by atoms with van der Waals surface area (Å²) in [6, 6.07) is 0. The average Bonchev–Trinajstić information content (AvgIpc) is 2.32. The van der Waals surface area contributed by atoms with Crippen molar-refractivity contribution in [2.24, 2.45) is 4.99 Å². The highest BCUT2D eigenvalue weighted by Gasteiger charge is 2.38. The third-order valence-electron chi connectivity index (χ3n) is 3.69. The van der Waals surface area contributed by atoms with Crippen molar-refractivity contribution in [3.63, 3.8) is 0 Å². The zero-order chi connectivity index (χ0) is 14.8. The number of amidine groups is 1. The Morgan fingerprint density at radius 2 is 2.20 bits per heavy atom. The molecule has 0 unspecified atom stereocenters. The first-order valence-electron chi connectivity index (χ1n) is 7.24. The van der Waals surface area contributed by atoms with Gasteiger partial charge in [0.1, 0.15) is 11.4 Å². The maximum atomic E-state index is 12.0. The van der Waals surface area contributed by atoms with Gasteiger partial charge in [-0.25, -0.2) is 4.79 Å². The summed E-state index contributed by atoms with van der Waals surface area (Å²) in [6.45, 7) is 7.26. The molecular weight excluding hydrogens is 258 g/mol. The summed E-state index contributed by atoms with van der Waals surface area (Å²) in [4.78, 5) is 18.1. The number of hydrogen-bond donors (Lipinski definition) is 2. The number of hydrogen-bond acceptors (Lipinski definition) is 5. The van der Waals surface area contributed by atoms with E-state index in [1.807, 2.05) is 20.8 Å². The molecule has 6 nitrogen and oxygen atoms in total. The monoisotopic (exact) mass is 283 g/mol. The van der Waals surface area contributed by atoms with E-state index in [4.69, 9.17) is 4.74 Å². The lowest BCUT2D eigenvalue weighted by Gasteiger charge is -2.43.